The standard InChI is InChI=1S/C24H33NO3/c1-23(2)22(24(23,3)4)21(26)19-14-25(13-16-8-10-28-11-9-16)20-7-6-17(15-27-5)12-18(19)20/h6-7,12,14,16,22H,8-11,13,15H2,1-5H3. The molecule has 4 nitrogen and oxygen atoms in total. The Morgan fingerprint density at radius 3 is 2.46 bits per heavy atom. The summed E-state index contributed by atoms with van der Waals surface area (Å²) in [6.45, 7) is 12.1. The van der Waals surface area contributed by atoms with Gasteiger partial charge in [0.1, 0.15) is 0 Å². The summed E-state index contributed by atoms with van der Waals surface area (Å²) in [5.41, 5.74) is 3.24. The molecule has 0 atom stereocenters. The average molecular weight is 384 g/mol. The topological polar surface area (TPSA) is 40.5 Å². The third kappa shape index (κ3) is 3.11. The van der Waals surface area contributed by atoms with Crippen molar-refractivity contribution in [1.82, 2.24) is 4.57 Å². The first-order valence-electron chi connectivity index (χ1n) is 10.5. The lowest BCUT2D eigenvalue weighted by Gasteiger charge is -2.22. The van der Waals surface area contributed by atoms with Crippen molar-refractivity contribution in [3.8, 4) is 0 Å². The monoisotopic (exact) mass is 383 g/mol. The van der Waals surface area contributed by atoms with Crippen LogP contribution in [0.3, 0.4) is 0 Å². The van der Waals surface area contributed by atoms with E-state index < -0.39 is 0 Å². The first kappa shape index (κ1) is 19.7. The molecule has 1 aliphatic carbocycles. The fourth-order valence-corrected chi connectivity index (χ4v) is 5.16. The Bertz CT molecular complexity index is 873. The van der Waals surface area contributed by atoms with Crippen molar-refractivity contribution >= 4 is 16.7 Å². The highest BCUT2D eigenvalue weighted by Crippen LogP contribution is 2.69. The summed E-state index contributed by atoms with van der Waals surface area (Å²) < 4.78 is 13.1. The van der Waals surface area contributed by atoms with Crippen LogP contribution < -0.4 is 0 Å². The molecule has 2 heterocycles. The Balaban J connectivity index is 1.73. The van der Waals surface area contributed by atoms with Crippen molar-refractivity contribution in [3.05, 3.63) is 35.5 Å². The molecule has 4 rings (SSSR count). The maximum atomic E-state index is 13.6. The second-order valence-corrected chi connectivity index (χ2v) is 9.78. The lowest BCUT2D eigenvalue weighted by atomic mass is 10.00. The zero-order valence-electron chi connectivity index (χ0n) is 17.9. The third-order valence-electron chi connectivity index (χ3n) is 7.60. The molecule has 0 N–H and O–H groups in total. The quantitative estimate of drug-likeness (QED) is 0.653. The molecule has 1 aliphatic heterocycles. The van der Waals surface area contributed by atoms with Gasteiger partial charge in [0.05, 0.1) is 6.61 Å². The predicted octanol–water partition coefficient (Wildman–Crippen LogP) is 5.08. The Kier molecular flexibility index (Phi) is 4.91. The third-order valence-corrected chi connectivity index (χ3v) is 7.60. The van der Waals surface area contributed by atoms with Gasteiger partial charge in [-0.2, -0.15) is 0 Å². The molecule has 2 aliphatic rings. The second-order valence-electron chi connectivity index (χ2n) is 9.78. The van der Waals surface area contributed by atoms with Crippen LogP contribution in [0.2, 0.25) is 0 Å². The molecule has 0 amide bonds. The Morgan fingerprint density at radius 2 is 1.86 bits per heavy atom. The molecule has 1 aromatic carbocycles. The number of methoxy groups -OCH3 is 1. The molecule has 0 spiro atoms. The van der Waals surface area contributed by atoms with Gasteiger partial charge in [0.2, 0.25) is 0 Å². The zero-order valence-corrected chi connectivity index (χ0v) is 17.9. The number of carbonyl (C=O) groups is 1. The van der Waals surface area contributed by atoms with Gasteiger partial charge < -0.3 is 14.0 Å². The molecule has 1 aromatic heterocycles. The molecule has 28 heavy (non-hydrogen) atoms. The minimum absolute atomic E-state index is 0.0450. The number of benzene rings is 1. The van der Waals surface area contributed by atoms with Crippen molar-refractivity contribution in [2.24, 2.45) is 22.7 Å². The van der Waals surface area contributed by atoms with E-state index >= 15 is 0 Å². The van der Waals surface area contributed by atoms with Gasteiger partial charge >= 0.3 is 0 Å². The molecular weight excluding hydrogens is 350 g/mol. The number of hydrogen-bond donors (Lipinski definition) is 0. The SMILES string of the molecule is COCc1ccc2c(c1)c(C(=O)C1C(C)(C)C1(C)C)cn2CC1CCOCC1. The number of aromatic nitrogens is 1. The van der Waals surface area contributed by atoms with E-state index in [4.69, 9.17) is 9.47 Å². The van der Waals surface area contributed by atoms with E-state index in [9.17, 15) is 4.79 Å². The van der Waals surface area contributed by atoms with E-state index in [0.29, 0.717) is 18.3 Å². The highest BCUT2D eigenvalue weighted by molar-refractivity contribution is 6.11. The van der Waals surface area contributed by atoms with Crippen LogP contribution in [0.5, 0.6) is 0 Å². The minimum Gasteiger partial charge on any atom is -0.381 e. The van der Waals surface area contributed by atoms with Crippen molar-refractivity contribution in [2.75, 3.05) is 20.3 Å². The number of rotatable bonds is 6. The smallest absolute Gasteiger partial charge is 0.169 e. The summed E-state index contributed by atoms with van der Waals surface area (Å²) in [7, 11) is 1.71. The number of nitrogens with zero attached hydrogens (tertiary/aromatic N) is 1. The largest absolute Gasteiger partial charge is 0.381 e. The van der Waals surface area contributed by atoms with E-state index in [1.165, 1.54) is 0 Å². The van der Waals surface area contributed by atoms with Crippen LogP contribution in [0, 0.1) is 22.7 Å². The van der Waals surface area contributed by atoms with Gasteiger partial charge in [0, 0.05) is 55.4 Å². The summed E-state index contributed by atoms with van der Waals surface area (Å²) >= 11 is 0. The second kappa shape index (κ2) is 7.00. The van der Waals surface area contributed by atoms with Crippen LogP contribution >= 0.6 is 0 Å². The van der Waals surface area contributed by atoms with Crippen LogP contribution in [-0.4, -0.2) is 30.7 Å². The molecule has 1 saturated heterocycles. The van der Waals surface area contributed by atoms with Crippen LogP contribution in [0.15, 0.2) is 24.4 Å². The van der Waals surface area contributed by atoms with Gasteiger partial charge in [-0.3, -0.25) is 4.79 Å². The highest BCUT2D eigenvalue weighted by Gasteiger charge is 2.68. The zero-order chi connectivity index (χ0) is 20.1. The summed E-state index contributed by atoms with van der Waals surface area (Å²) in [6, 6.07) is 6.42. The van der Waals surface area contributed by atoms with Crippen molar-refractivity contribution in [1.29, 1.82) is 0 Å². The fraction of sp³-hybridized carbons (Fsp3) is 0.625. The normalized spacial score (nSPS) is 21.9. The highest BCUT2D eigenvalue weighted by atomic mass is 16.5. The minimum atomic E-state index is 0.0450. The van der Waals surface area contributed by atoms with E-state index in [-0.39, 0.29) is 16.7 Å². The van der Waals surface area contributed by atoms with Gasteiger partial charge in [0.15, 0.2) is 5.78 Å². The lowest BCUT2D eigenvalue weighted by molar-refractivity contribution is 0.0616. The summed E-state index contributed by atoms with van der Waals surface area (Å²) in [6.07, 6.45) is 4.30. The molecule has 1 saturated carbocycles. The lowest BCUT2D eigenvalue weighted by Crippen LogP contribution is -2.20. The fourth-order valence-electron chi connectivity index (χ4n) is 5.16. The van der Waals surface area contributed by atoms with Crippen LogP contribution in [0.25, 0.3) is 10.9 Å². The number of ether oxygens (including phenoxy) is 2. The summed E-state index contributed by atoms with van der Waals surface area (Å²) in [5.74, 6) is 0.980. The van der Waals surface area contributed by atoms with Crippen molar-refractivity contribution in [2.45, 2.75) is 53.7 Å². The number of hydrogen-bond acceptors (Lipinski definition) is 3. The molecule has 0 radical (unpaired) electrons. The van der Waals surface area contributed by atoms with Crippen LogP contribution in [-0.2, 0) is 22.6 Å². The maximum absolute atomic E-state index is 13.6. The van der Waals surface area contributed by atoms with E-state index in [2.05, 4.69) is 56.7 Å². The Hall–Kier alpha value is -1.65. The number of Topliss-reactive ketones (excluding diaryl/α,β-unsaturated/α-hetero) is 1. The molecule has 0 unspecified atom stereocenters. The number of fused-ring (bicyclic) bond motifs is 1. The van der Waals surface area contributed by atoms with Gasteiger partial charge in [-0.05, 0) is 47.3 Å². The molecule has 2 fully saturated rings. The molecule has 2 aromatic rings. The molecule has 4 heteroatoms. The average Bonchev–Trinajstić information content (AvgIpc) is 2.91. The Labute approximate surface area is 168 Å². The molecular formula is C24H33NO3. The van der Waals surface area contributed by atoms with Gasteiger partial charge in [0.25, 0.3) is 0 Å². The van der Waals surface area contributed by atoms with Gasteiger partial charge in [-0.1, -0.05) is 33.8 Å². The van der Waals surface area contributed by atoms with E-state index in [0.717, 1.165) is 54.6 Å². The first-order chi connectivity index (χ1) is 13.3. The number of ketones is 1. The van der Waals surface area contributed by atoms with E-state index in [1.807, 2.05) is 0 Å². The maximum Gasteiger partial charge on any atom is 0.169 e. The van der Waals surface area contributed by atoms with Crippen molar-refractivity contribution < 1.29 is 14.3 Å². The predicted molar refractivity (Wildman–Crippen MR) is 112 cm³/mol. The first-order valence-corrected chi connectivity index (χ1v) is 10.5. The number of carbonyl (C=O) groups excluding carboxylic acids is 1. The van der Waals surface area contributed by atoms with Crippen molar-refractivity contribution in [3.63, 3.8) is 0 Å². The van der Waals surface area contributed by atoms with Gasteiger partial charge in [-0.15, -0.1) is 0 Å². The molecule has 0 bridgehead atoms. The summed E-state index contributed by atoms with van der Waals surface area (Å²) in [5, 5.41) is 1.07. The molecule has 152 valence electrons. The Morgan fingerprint density at radius 1 is 1.18 bits per heavy atom. The summed E-state index contributed by atoms with van der Waals surface area (Å²) in [4.78, 5) is 13.6. The van der Waals surface area contributed by atoms with Crippen LogP contribution in [0.1, 0.15) is 56.5 Å². The van der Waals surface area contributed by atoms with E-state index in [1.54, 1.807) is 7.11 Å². The van der Waals surface area contributed by atoms with Crippen LogP contribution in [0.4, 0.5) is 0 Å². The van der Waals surface area contributed by atoms with Gasteiger partial charge in [-0.25, -0.2) is 0 Å².